The van der Waals surface area contributed by atoms with Crippen LogP contribution in [0.5, 0.6) is 0 Å². The molecule has 0 amide bonds. The fourth-order valence-corrected chi connectivity index (χ4v) is 4.39. The minimum atomic E-state index is 0.169. The van der Waals surface area contributed by atoms with Crippen molar-refractivity contribution >= 4 is 70.2 Å². The standard InChI is InChI=1S/C15H8Br3N5/c16-8-5-9(17)14(10(18)6-8)23-22-13(7-19)15-20-11-3-1-2-4-12(11)21-15/h1-6,23H,(H,20,21)/b22-13-. The number of halogens is 3. The highest BCUT2D eigenvalue weighted by Gasteiger charge is 2.11. The monoisotopic (exact) mass is 495 g/mol. The first kappa shape index (κ1) is 16.2. The predicted octanol–water partition coefficient (Wildman–Crippen LogP) is 5.19. The van der Waals surface area contributed by atoms with Gasteiger partial charge in [0, 0.05) is 13.4 Å². The van der Waals surface area contributed by atoms with Crippen molar-refractivity contribution in [1.82, 2.24) is 9.97 Å². The molecule has 0 radical (unpaired) electrons. The van der Waals surface area contributed by atoms with E-state index >= 15 is 0 Å². The number of para-hydroxylation sites is 2. The average molecular weight is 498 g/mol. The Morgan fingerprint density at radius 3 is 2.52 bits per heavy atom. The van der Waals surface area contributed by atoms with Crippen molar-refractivity contribution in [2.45, 2.75) is 0 Å². The normalized spacial score (nSPS) is 11.5. The van der Waals surface area contributed by atoms with Gasteiger partial charge in [0.1, 0.15) is 6.07 Å². The van der Waals surface area contributed by atoms with Gasteiger partial charge >= 0.3 is 0 Å². The van der Waals surface area contributed by atoms with Crippen LogP contribution in [0.25, 0.3) is 11.0 Å². The lowest BCUT2D eigenvalue weighted by atomic mass is 10.3. The van der Waals surface area contributed by atoms with E-state index in [9.17, 15) is 5.26 Å². The summed E-state index contributed by atoms with van der Waals surface area (Å²) in [5.74, 6) is 0.422. The van der Waals surface area contributed by atoms with Crippen LogP contribution < -0.4 is 5.43 Å². The van der Waals surface area contributed by atoms with Crippen LogP contribution in [0.3, 0.4) is 0 Å². The number of aromatic amines is 1. The lowest BCUT2D eigenvalue weighted by molar-refractivity contribution is 1.24. The van der Waals surface area contributed by atoms with Crippen molar-refractivity contribution in [1.29, 1.82) is 5.26 Å². The van der Waals surface area contributed by atoms with Crippen molar-refractivity contribution in [3.8, 4) is 6.07 Å². The molecule has 3 aromatic rings. The molecular weight excluding hydrogens is 490 g/mol. The first-order chi connectivity index (χ1) is 11.1. The highest BCUT2D eigenvalue weighted by atomic mass is 79.9. The summed E-state index contributed by atoms with van der Waals surface area (Å²) in [5, 5.41) is 13.5. The van der Waals surface area contributed by atoms with Gasteiger partial charge in [-0.1, -0.05) is 28.1 Å². The lowest BCUT2D eigenvalue weighted by Gasteiger charge is -2.07. The molecular formula is C15H8Br3N5. The molecule has 0 saturated heterocycles. The van der Waals surface area contributed by atoms with E-state index in [4.69, 9.17) is 0 Å². The maximum Gasteiger partial charge on any atom is 0.203 e. The van der Waals surface area contributed by atoms with Gasteiger partial charge in [-0.25, -0.2) is 4.98 Å². The van der Waals surface area contributed by atoms with E-state index in [0.29, 0.717) is 5.82 Å². The molecule has 3 rings (SSSR count). The summed E-state index contributed by atoms with van der Waals surface area (Å²) in [6.07, 6.45) is 0. The maximum absolute atomic E-state index is 9.35. The average Bonchev–Trinajstić information content (AvgIpc) is 2.93. The van der Waals surface area contributed by atoms with Gasteiger partial charge in [0.05, 0.1) is 16.7 Å². The second-order valence-corrected chi connectivity index (χ2v) is 7.16. The van der Waals surface area contributed by atoms with E-state index in [2.05, 4.69) is 74.4 Å². The van der Waals surface area contributed by atoms with Gasteiger partial charge < -0.3 is 4.98 Å². The van der Waals surface area contributed by atoms with E-state index in [0.717, 1.165) is 30.1 Å². The summed E-state index contributed by atoms with van der Waals surface area (Å²) in [4.78, 5) is 7.46. The fourth-order valence-electron chi connectivity index (χ4n) is 1.96. The number of hydrogen-bond donors (Lipinski definition) is 2. The number of nitriles is 1. The van der Waals surface area contributed by atoms with E-state index in [1.807, 2.05) is 36.4 Å². The molecule has 1 aromatic heterocycles. The van der Waals surface area contributed by atoms with Crippen LogP contribution in [-0.4, -0.2) is 15.7 Å². The van der Waals surface area contributed by atoms with Crippen LogP contribution >= 0.6 is 47.8 Å². The summed E-state index contributed by atoms with van der Waals surface area (Å²) < 4.78 is 2.54. The zero-order valence-corrected chi connectivity index (χ0v) is 16.2. The Hall–Kier alpha value is -1.69. The first-order valence-electron chi connectivity index (χ1n) is 6.42. The van der Waals surface area contributed by atoms with E-state index in [1.165, 1.54) is 0 Å². The largest absolute Gasteiger partial charge is 0.336 e. The number of H-pyrrole nitrogens is 1. The topological polar surface area (TPSA) is 76.9 Å². The van der Waals surface area contributed by atoms with Crippen molar-refractivity contribution in [2.75, 3.05) is 5.43 Å². The highest BCUT2D eigenvalue weighted by Crippen LogP contribution is 2.34. The number of rotatable bonds is 3. The van der Waals surface area contributed by atoms with Gasteiger partial charge in [-0.2, -0.15) is 10.4 Å². The summed E-state index contributed by atoms with van der Waals surface area (Å²) in [6.45, 7) is 0. The number of aromatic nitrogens is 2. The number of benzene rings is 2. The molecule has 0 aliphatic heterocycles. The van der Waals surface area contributed by atoms with Crippen LogP contribution in [0.2, 0.25) is 0 Å². The molecule has 0 bridgehead atoms. The molecule has 0 atom stereocenters. The Labute approximate surface area is 157 Å². The van der Waals surface area contributed by atoms with Crippen molar-refractivity contribution in [3.63, 3.8) is 0 Å². The summed E-state index contributed by atoms with van der Waals surface area (Å²) in [5.41, 5.74) is 5.43. The molecule has 2 aromatic carbocycles. The van der Waals surface area contributed by atoms with Crippen LogP contribution in [-0.2, 0) is 0 Å². The Bertz CT molecular complexity index is 899. The molecule has 0 fully saturated rings. The zero-order chi connectivity index (χ0) is 16.4. The molecule has 114 valence electrons. The van der Waals surface area contributed by atoms with E-state index in [-0.39, 0.29) is 5.71 Å². The summed E-state index contributed by atoms with van der Waals surface area (Å²) in [7, 11) is 0. The first-order valence-corrected chi connectivity index (χ1v) is 8.80. The molecule has 5 nitrogen and oxygen atoms in total. The molecule has 0 aliphatic carbocycles. The zero-order valence-electron chi connectivity index (χ0n) is 11.4. The minimum Gasteiger partial charge on any atom is -0.336 e. The summed E-state index contributed by atoms with van der Waals surface area (Å²) >= 11 is 10.3. The van der Waals surface area contributed by atoms with Gasteiger partial charge in [0.15, 0.2) is 5.82 Å². The number of anilines is 1. The highest BCUT2D eigenvalue weighted by molar-refractivity contribution is 9.11. The minimum absolute atomic E-state index is 0.169. The van der Waals surface area contributed by atoms with Gasteiger partial charge in [-0.3, -0.25) is 5.43 Å². The van der Waals surface area contributed by atoms with Crippen molar-refractivity contribution in [2.24, 2.45) is 5.10 Å². The number of imidazole rings is 1. The SMILES string of the molecule is N#C/C(=N/Nc1c(Br)cc(Br)cc1Br)c1nc2ccccc2[nH]1. The van der Waals surface area contributed by atoms with Crippen LogP contribution in [0.4, 0.5) is 5.69 Å². The molecule has 1 heterocycles. The van der Waals surface area contributed by atoms with E-state index < -0.39 is 0 Å². The smallest absolute Gasteiger partial charge is 0.203 e. The molecule has 2 N–H and O–H groups in total. The van der Waals surface area contributed by atoms with Gasteiger partial charge in [0.25, 0.3) is 0 Å². The third-order valence-corrected chi connectivity index (χ3v) is 4.71. The third kappa shape index (κ3) is 3.47. The number of fused-ring (bicyclic) bond motifs is 1. The maximum atomic E-state index is 9.35. The van der Waals surface area contributed by atoms with Crippen molar-refractivity contribution in [3.05, 3.63) is 55.6 Å². The molecule has 0 saturated carbocycles. The number of nitrogens with zero attached hydrogens (tertiary/aromatic N) is 3. The second kappa shape index (κ2) is 6.83. The second-order valence-electron chi connectivity index (χ2n) is 4.53. The predicted molar refractivity (Wildman–Crippen MR) is 101 cm³/mol. The van der Waals surface area contributed by atoms with Crippen LogP contribution in [0.1, 0.15) is 5.82 Å². The van der Waals surface area contributed by atoms with Crippen molar-refractivity contribution < 1.29 is 0 Å². The Kier molecular flexibility index (Phi) is 4.80. The number of nitrogens with one attached hydrogen (secondary N) is 2. The van der Waals surface area contributed by atoms with Crippen LogP contribution in [0.15, 0.2) is 54.9 Å². The number of hydrazone groups is 1. The summed E-state index contributed by atoms with van der Waals surface area (Å²) in [6, 6.07) is 13.4. The van der Waals surface area contributed by atoms with Gasteiger partial charge in [0.2, 0.25) is 5.71 Å². The van der Waals surface area contributed by atoms with E-state index in [1.54, 1.807) is 0 Å². The molecule has 23 heavy (non-hydrogen) atoms. The molecule has 8 heteroatoms. The number of hydrogen-bond acceptors (Lipinski definition) is 4. The fraction of sp³-hybridized carbons (Fsp3) is 0. The Morgan fingerprint density at radius 1 is 1.17 bits per heavy atom. The molecule has 0 spiro atoms. The van der Waals surface area contributed by atoms with Gasteiger partial charge in [-0.05, 0) is 56.1 Å². The molecule has 0 aliphatic rings. The van der Waals surface area contributed by atoms with Gasteiger partial charge in [-0.15, -0.1) is 0 Å². The third-order valence-electron chi connectivity index (χ3n) is 3.01. The Balaban J connectivity index is 1.95. The lowest BCUT2D eigenvalue weighted by Crippen LogP contribution is -2.04. The molecule has 0 unspecified atom stereocenters. The Morgan fingerprint density at radius 2 is 1.87 bits per heavy atom. The quantitative estimate of drug-likeness (QED) is 0.386. The van der Waals surface area contributed by atoms with Crippen LogP contribution in [0, 0.1) is 11.3 Å².